The number of amides is 2. The van der Waals surface area contributed by atoms with Crippen molar-refractivity contribution in [2.75, 3.05) is 11.9 Å². The molecular weight excluding hydrogens is 368 g/mol. The minimum absolute atomic E-state index is 0.0897. The van der Waals surface area contributed by atoms with Gasteiger partial charge in [-0.2, -0.15) is 10.2 Å². The summed E-state index contributed by atoms with van der Waals surface area (Å²) in [6, 6.07) is 15.1. The molecule has 0 unspecified atom stereocenters. The lowest BCUT2D eigenvalue weighted by Gasteiger charge is -2.11. The van der Waals surface area contributed by atoms with E-state index in [1.54, 1.807) is 35.4 Å². The predicted octanol–water partition coefficient (Wildman–Crippen LogP) is 2.62. The van der Waals surface area contributed by atoms with Crippen LogP contribution in [-0.4, -0.2) is 43.8 Å². The molecule has 2 amide bonds. The van der Waals surface area contributed by atoms with Crippen LogP contribution in [0.5, 0.6) is 0 Å². The maximum Gasteiger partial charge on any atom is 0.243 e. The SMILES string of the molecule is O=C(CCC(=O)N1CCC(c2ccccc2)=N1)Nc1ccc(-n2cccn2)nc1. The Morgan fingerprint density at radius 2 is 1.90 bits per heavy atom. The number of benzene rings is 1. The molecule has 1 aliphatic rings. The minimum atomic E-state index is -0.238. The van der Waals surface area contributed by atoms with Gasteiger partial charge in [-0.05, 0) is 23.8 Å². The number of rotatable bonds is 6. The smallest absolute Gasteiger partial charge is 0.243 e. The predicted molar refractivity (Wildman–Crippen MR) is 109 cm³/mol. The number of nitrogens with one attached hydrogen (secondary N) is 1. The van der Waals surface area contributed by atoms with E-state index in [4.69, 9.17) is 0 Å². The lowest BCUT2D eigenvalue weighted by molar-refractivity contribution is -0.132. The van der Waals surface area contributed by atoms with E-state index < -0.39 is 0 Å². The van der Waals surface area contributed by atoms with E-state index in [0.717, 1.165) is 17.7 Å². The average Bonchev–Trinajstić information content (AvgIpc) is 3.46. The van der Waals surface area contributed by atoms with Gasteiger partial charge in [0.1, 0.15) is 0 Å². The third kappa shape index (κ3) is 4.55. The van der Waals surface area contributed by atoms with Crippen LogP contribution in [-0.2, 0) is 9.59 Å². The van der Waals surface area contributed by atoms with Crippen LogP contribution in [0.3, 0.4) is 0 Å². The van der Waals surface area contributed by atoms with Gasteiger partial charge in [0.15, 0.2) is 5.82 Å². The van der Waals surface area contributed by atoms with Gasteiger partial charge >= 0.3 is 0 Å². The summed E-state index contributed by atoms with van der Waals surface area (Å²) in [5.74, 6) is 0.265. The van der Waals surface area contributed by atoms with Gasteiger partial charge in [0.2, 0.25) is 11.8 Å². The van der Waals surface area contributed by atoms with Crippen LogP contribution in [0, 0.1) is 0 Å². The molecule has 8 heteroatoms. The second kappa shape index (κ2) is 8.47. The van der Waals surface area contributed by atoms with Crippen LogP contribution in [0.15, 0.2) is 72.2 Å². The van der Waals surface area contributed by atoms with E-state index in [0.29, 0.717) is 18.1 Å². The molecule has 1 aromatic carbocycles. The van der Waals surface area contributed by atoms with Crippen LogP contribution >= 0.6 is 0 Å². The Balaban J connectivity index is 1.27. The third-order valence-electron chi connectivity index (χ3n) is 4.53. The number of pyridine rings is 1. The lowest BCUT2D eigenvalue weighted by Crippen LogP contribution is -2.25. The number of carbonyl (C=O) groups is 2. The fourth-order valence-corrected chi connectivity index (χ4v) is 3.04. The highest BCUT2D eigenvalue weighted by Crippen LogP contribution is 2.15. The van der Waals surface area contributed by atoms with Gasteiger partial charge in [0.25, 0.3) is 0 Å². The number of anilines is 1. The molecule has 3 heterocycles. The Kier molecular flexibility index (Phi) is 5.42. The Morgan fingerprint density at radius 1 is 1.03 bits per heavy atom. The van der Waals surface area contributed by atoms with Crippen molar-refractivity contribution in [2.24, 2.45) is 5.10 Å². The monoisotopic (exact) mass is 388 g/mol. The molecule has 29 heavy (non-hydrogen) atoms. The van der Waals surface area contributed by atoms with E-state index in [9.17, 15) is 9.59 Å². The molecule has 0 spiro atoms. The number of hydrazone groups is 1. The van der Waals surface area contributed by atoms with E-state index >= 15 is 0 Å². The summed E-state index contributed by atoms with van der Waals surface area (Å²) in [5, 5.41) is 12.7. The van der Waals surface area contributed by atoms with E-state index in [1.165, 1.54) is 5.01 Å². The minimum Gasteiger partial charge on any atom is -0.325 e. The number of hydrogen-bond donors (Lipinski definition) is 1. The molecular formula is C21H20N6O2. The van der Waals surface area contributed by atoms with Crippen LogP contribution in [0.2, 0.25) is 0 Å². The Labute approximate surface area is 167 Å². The van der Waals surface area contributed by atoms with Gasteiger partial charge in [-0.3, -0.25) is 9.59 Å². The zero-order valence-corrected chi connectivity index (χ0v) is 15.7. The van der Waals surface area contributed by atoms with E-state index in [2.05, 4.69) is 20.5 Å². The normalized spacial score (nSPS) is 13.2. The van der Waals surface area contributed by atoms with Crippen LogP contribution in [0.4, 0.5) is 5.69 Å². The van der Waals surface area contributed by atoms with Crippen molar-refractivity contribution in [3.05, 3.63) is 72.7 Å². The number of aromatic nitrogens is 3. The van der Waals surface area contributed by atoms with Crippen molar-refractivity contribution in [3.63, 3.8) is 0 Å². The summed E-state index contributed by atoms with van der Waals surface area (Å²) < 4.78 is 1.63. The molecule has 4 rings (SSSR count). The van der Waals surface area contributed by atoms with E-state index in [-0.39, 0.29) is 24.7 Å². The third-order valence-corrected chi connectivity index (χ3v) is 4.53. The largest absolute Gasteiger partial charge is 0.325 e. The molecule has 0 aliphatic carbocycles. The fourth-order valence-electron chi connectivity index (χ4n) is 3.04. The average molecular weight is 388 g/mol. The molecule has 0 saturated carbocycles. The van der Waals surface area contributed by atoms with Crippen molar-refractivity contribution in [2.45, 2.75) is 19.3 Å². The Hall–Kier alpha value is -3.81. The molecule has 1 aliphatic heterocycles. The first-order valence-corrected chi connectivity index (χ1v) is 9.38. The van der Waals surface area contributed by atoms with Crippen molar-refractivity contribution < 1.29 is 9.59 Å². The maximum atomic E-state index is 12.4. The summed E-state index contributed by atoms with van der Waals surface area (Å²) in [5.41, 5.74) is 2.49. The topological polar surface area (TPSA) is 92.5 Å². The molecule has 0 radical (unpaired) electrons. The quantitative estimate of drug-likeness (QED) is 0.703. The molecule has 0 atom stereocenters. The summed E-state index contributed by atoms with van der Waals surface area (Å²) in [6.45, 7) is 0.545. The molecule has 2 aromatic heterocycles. The highest BCUT2D eigenvalue weighted by Gasteiger charge is 2.21. The van der Waals surface area contributed by atoms with Gasteiger partial charge in [-0.15, -0.1) is 0 Å². The van der Waals surface area contributed by atoms with Crippen LogP contribution in [0.25, 0.3) is 5.82 Å². The lowest BCUT2D eigenvalue weighted by atomic mass is 10.1. The molecule has 1 N–H and O–H groups in total. The Bertz CT molecular complexity index is 1010. The number of hydrogen-bond acceptors (Lipinski definition) is 5. The van der Waals surface area contributed by atoms with Gasteiger partial charge in [0, 0.05) is 31.7 Å². The van der Waals surface area contributed by atoms with Gasteiger partial charge in [-0.25, -0.2) is 14.7 Å². The van der Waals surface area contributed by atoms with Crippen molar-refractivity contribution >= 4 is 23.2 Å². The first-order valence-electron chi connectivity index (χ1n) is 9.38. The van der Waals surface area contributed by atoms with Crippen molar-refractivity contribution in [3.8, 4) is 5.82 Å². The van der Waals surface area contributed by atoms with Crippen molar-refractivity contribution in [1.29, 1.82) is 0 Å². The van der Waals surface area contributed by atoms with Crippen LogP contribution in [0.1, 0.15) is 24.8 Å². The van der Waals surface area contributed by atoms with Gasteiger partial charge in [-0.1, -0.05) is 30.3 Å². The summed E-state index contributed by atoms with van der Waals surface area (Å²) in [6.07, 6.45) is 5.93. The highest BCUT2D eigenvalue weighted by atomic mass is 16.2. The zero-order chi connectivity index (χ0) is 20.1. The maximum absolute atomic E-state index is 12.4. The van der Waals surface area contributed by atoms with Gasteiger partial charge in [0.05, 0.1) is 24.1 Å². The summed E-state index contributed by atoms with van der Waals surface area (Å²) >= 11 is 0. The fraction of sp³-hybridized carbons (Fsp3) is 0.190. The van der Waals surface area contributed by atoms with Crippen molar-refractivity contribution in [1.82, 2.24) is 19.8 Å². The standard InChI is InChI=1S/C21H20N6O2/c28-20(24-17-7-8-19(22-15-17)26-13-4-12-23-26)9-10-21(29)27-14-11-18(25-27)16-5-2-1-3-6-16/h1-8,12-13,15H,9-11,14H2,(H,24,28). The van der Waals surface area contributed by atoms with Gasteiger partial charge < -0.3 is 5.32 Å². The molecule has 0 saturated heterocycles. The highest BCUT2D eigenvalue weighted by molar-refractivity contribution is 6.02. The van der Waals surface area contributed by atoms with E-state index in [1.807, 2.05) is 36.4 Å². The molecule has 0 fully saturated rings. The summed E-state index contributed by atoms with van der Waals surface area (Å²) in [7, 11) is 0. The first-order chi connectivity index (χ1) is 14.2. The second-order valence-electron chi connectivity index (χ2n) is 6.58. The molecule has 8 nitrogen and oxygen atoms in total. The number of carbonyl (C=O) groups excluding carboxylic acids is 2. The summed E-state index contributed by atoms with van der Waals surface area (Å²) in [4.78, 5) is 28.8. The first kappa shape index (κ1) is 18.5. The van der Waals surface area contributed by atoms with Crippen LogP contribution < -0.4 is 5.32 Å². The number of nitrogens with zero attached hydrogens (tertiary/aromatic N) is 5. The zero-order valence-electron chi connectivity index (χ0n) is 15.7. The second-order valence-corrected chi connectivity index (χ2v) is 6.58. The molecule has 0 bridgehead atoms. The molecule has 3 aromatic rings. The Morgan fingerprint density at radius 3 is 2.62 bits per heavy atom. The molecule has 146 valence electrons.